The molecule has 2 rings (SSSR count). The smallest absolute Gasteiger partial charge is 0.269 e. The molecule has 0 aliphatic carbocycles. The molecule has 0 aliphatic heterocycles. The van der Waals surface area contributed by atoms with E-state index in [1.165, 1.54) is 28.9 Å². The first kappa shape index (κ1) is 13.7. The summed E-state index contributed by atoms with van der Waals surface area (Å²) in [5.74, 6) is 5.36. The molecular formula is C12H13N5O3. The first-order valence-electron chi connectivity index (χ1n) is 5.79. The highest BCUT2D eigenvalue weighted by Crippen LogP contribution is 2.21. The van der Waals surface area contributed by atoms with Crippen LogP contribution in [0.15, 0.2) is 35.3 Å². The van der Waals surface area contributed by atoms with Crippen LogP contribution in [-0.2, 0) is 6.54 Å². The molecule has 0 fully saturated rings. The highest BCUT2D eigenvalue weighted by Gasteiger charge is 2.11. The molecule has 2 aromatic rings. The van der Waals surface area contributed by atoms with Crippen molar-refractivity contribution in [3.63, 3.8) is 0 Å². The molecule has 0 saturated heterocycles. The number of aryl methyl sites for hydroxylation is 1. The van der Waals surface area contributed by atoms with Crippen LogP contribution >= 0.6 is 0 Å². The summed E-state index contributed by atoms with van der Waals surface area (Å²) in [6.45, 7) is 1.86. The Labute approximate surface area is 114 Å². The van der Waals surface area contributed by atoms with Crippen molar-refractivity contribution in [3.05, 3.63) is 62.1 Å². The Balaban J connectivity index is 2.43. The molecule has 1 heterocycles. The standard InChI is InChI=1S/C12H13N5O3/c1-8-4-12(18)16(14-6-8)7-9-5-10(17(19)20)2-3-11(9)15-13/h2-6,15H,7,13H2,1H3. The van der Waals surface area contributed by atoms with Gasteiger partial charge in [-0.15, -0.1) is 0 Å². The molecule has 104 valence electrons. The van der Waals surface area contributed by atoms with Crippen molar-refractivity contribution in [1.82, 2.24) is 9.78 Å². The number of nitrogen functional groups attached to an aromatic ring is 1. The highest BCUT2D eigenvalue weighted by molar-refractivity contribution is 5.55. The Bertz CT molecular complexity index is 710. The van der Waals surface area contributed by atoms with E-state index in [1.807, 2.05) is 0 Å². The van der Waals surface area contributed by atoms with Crippen LogP contribution in [-0.4, -0.2) is 14.7 Å². The molecular weight excluding hydrogens is 262 g/mol. The van der Waals surface area contributed by atoms with Crippen LogP contribution in [0.25, 0.3) is 0 Å². The van der Waals surface area contributed by atoms with Gasteiger partial charge in [0.05, 0.1) is 23.4 Å². The van der Waals surface area contributed by atoms with Gasteiger partial charge in [-0.1, -0.05) is 0 Å². The fourth-order valence-electron chi connectivity index (χ4n) is 1.77. The van der Waals surface area contributed by atoms with Gasteiger partial charge in [-0.05, 0) is 18.6 Å². The Morgan fingerprint density at radius 1 is 1.45 bits per heavy atom. The van der Waals surface area contributed by atoms with E-state index in [-0.39, 0.29) is 17.8 Å². The Morgan fingerprint density at radius 2 is 2.20 bits per heavy atom. The van der Waals surface area contributed by atoms with Crippen LogP contribution < -0.4 is 16.8 Å². The van der Waals surface area contributed by atoms with Crippen LogP contribution in [0.3, 0.4) is 0 Å². The minimum absolute atomic E-state index is 0.0702. The third kappa shape index (κ3) is 2.81. The van der Waals surface area contributed by atoms with Crippen LogP contribution in [0.4, 0.5) is 11.4 Å². The number of hydrazine groups is 1. The molecule has 8 nitrogen and oxygen atoms in total. The number of non-ortho nitro benzene ring substituents is 1. The van der Waals surface area contributed by atoms with E-state index in [4.69, 9.17) is 5.84 Å². The van der Waals surface area contributed by atoms with E-state index in [9.17, 15) is 14.9 Å². The van der Waals surface area contributed by atoms with Crippen LogP contribution in [0.1, 0.15) is 11.1 Å². The molecule has 1 aromatic heterocycles. The third-order valence-electron chi connectivity index (χ3n) is 2.78. The number of nitro groups is 1. The highest BCUT2D eigenvalue weighted by atomic mass is 16.6. The molecule has 0 saturated carbocycles. The molecule has 0 aliphatic rings. The summed E-state index contributed by atoms with van der Waals surface area (Å²) < 4.78 is 1.22. The maximum absolute atomic E-state index is 11.8. The summed E-state index contributed by atoms with van der Waals surface area (Å²) in [6.07, 6.45) is 1.55. The molecule has 0 atom stereocenters. The van der Waals surface area contributed by atoms with Gasteiger partial charge >= 0.3 is 0 Å². The van der Waals surface area contributed by atoms with Crippen LogP contribution in [0.2, 0.25) is 0 Å². The quantitative estimate of drug-likeness (QED) is 0.484. The van der Waals surface area contributed by atoms with Gasteiger partial charge in [-0.25, -0.2) is 4.68 Å². The predicted molar refractivity (Wildman–Crippen MR) is 73.2 cm³/mol. The van der Waals surface area contributed by atoms with Gasteiger partial charge in [0.15, 0.2) is 0 Å². The lowest BCUT2D eigenvalue weighted by Crippen LogP contribution is -2.23. The molecule has 8 heteroatoms. The summed E-state index contributed by atoms with van der Waals surface area (Å²) >= 11 is 0. The lowest BCUT2D eigenvalue weighted by atomic mass is 10.1. The minimum atomic E-state index is -0.505. The van der Waals surface area contributed by atoms with E-state index >= 15 is 0 Å². The van der Waals surface area contributed by atoms with Gasteiger partial charge in [-0.3, -0.25) is 20.8 Å². The average Bonchev–Trinajstić information content (AvgIpc) is 2.41. The summed E-state index contributed by atoms with van der Waals surface area (Å²) in [5.41, 5.74) is 3.87. The number of hydrogen-bond donors (Lipinski definition) is 2. The van der Waals surface area contributed by atoms with Gasteiger partial charge in [0.25, 0.3) is 11.2 Å². The number of nitrogens with zero attached hydrogens (tertiary/aromatic N) is 3. The van der Waals surface area contributed by atoms with Gasteiger partial charge < -0.3 is 5.43 Å². The summed E-state index contributed by atoms with van der Waals surface area (Å²) in [6, 6.07) is 5.64. The number of hydrogen-bond acceptors (Lipinski definition) is 6. The Kier molecular flexibility index (Phi) is 3.76. The largest absolute Gasteiger partial charge is 0.324 e. The second kappa shape index (κ2) is 5.49. The molecule has 20 heavy (non-hydrogen) atoms. The zero-order valence-corrected chi connectivity index (χ0v) is 10.7. The second-order valence-electron chi connectivity index (χ2n) is 4.27. The number of anilines is 1. The molecule has 0 bridgehead atoms. The van der Waals surface area contributed by atoms with E-state index in [0.717, 1.165) is 5.56 Å². The van der Waals surface area contributed by atoms with E-state index in [2.05, 4.69) is 10.5 Å². The summed E-state index contributed by atoms with van der Waals surface area (Å²) in [7, 11) is 0. The molecule has 0 spiro atoms. The SMILES string of the molecule is Cc1cnn(Cc2cc([N+](=O)[O-])ccc2NN)c(=O)c1. The second-order valence-corrected chi connectivity index (χ2v) is 4.27. The van der Waals surface area contributed by atoms with Gasteiger partial charge in [0, 0.05) is 23.8 Å². The van der Waals surface area contributed by atoms with Crippen molar-refractivity contribution in [2.24, 2.45) is 5.84 Å². The number of benzene rings is 1. The molecule has 0 radical (unpaired) electrons. The fourth-order valence-corrected chi connectivity index (χ4v) is 1.77. The Morgan fingerprint density at radius 3 is 2.80 bits per heavy atom. The van der Waals surface area contributed by atoms with Gasteiger partial charge in [-0.2, -0.15) is 5.10 Å². The number of nitro benzene ring substituents is 1. The van der Waals surface area contributed by atoms with Crippen molar-refractivity contribution in [2.75, 3.05) is 5.43 Å². The van der Waals surface area contributed by atoms with Crippen molar-refractivity contribution >= 4 is 11.4 Å². The molecule has 1 aromatic carbocycles. The average molecular weight is 275 g/mol. The maximum atomic E-state index is 11.8. The van der Waals surface area contributed by atoms with Crippen LogP contribution in [0, 0.1) is 17.0 Å². The number of nitrogens with two attached hydrogens (primary N) is 1. The zero-order valence-electron chi connectivity index (χ0n) is 10.7. The normalized spacial score (nSPS) is 10.3. The predicted octanol–water partition coefficient (Wildman–Crippen LogP) is 0.794. The van der Waals surface area contributed by atoms with Gasteiger partial charge in [0.2, 0.25) is 0 Å². The maximum Gasteiger partial charge on any atom is 0.269 e. The summed E-state index contributed by atoms with van der Waals surface area (Å²) in [5, 5.41) is 14.8. The van der Waals surface area contributed by atoms with E-state index in [1.54, 1.807) is 13.1 Å². The minimum Gasteiger partial charge on any atom is -0.324 e. The summed E-state index contributed by atoms with van der Waals surface area (Å²) in [4.78, 5) is 22.1. The van der Waals surface area contributed by atoms with E-state index in [0.29, 0.717) is 11.3 Å². The van der Waals surface area contributed by atoms with E-state index < -0.39 is 4.92 Å². The lowest BCUT2D eigenvalue weighted by Gasteiger charge is -2.10. The molecule has 3 N–H and O–H groups in total. The monoisotopic (exact) mass is 275 g/mol. The van der Waals surface area contributed by atoms with Crippen molar-refractivity contribution in [1.29, 1.82) is 0 Å². The molecule has 0 amide bonds. The zero-order chi connectivity index (χ0) is 14.7. The topological polar surface area (TPSA) is 116 Å². The number of nitrogens with one attached hydrogen (secondary N) is 1. The fraction of sp³-hybridized carbons (Fsp3) is 0.167. The molecule has 0 unspecified atom stereocenters. The third-order valence-corrected chi connectivity index (χ3v) is 2.78. The first-order valence-corrected chi connectivity index (χ1v) is 5.79. The van der Waals surface area contributed by atoms with Crippen molar-refractivity contribution in [3.8, 4) is 0 Å². The van der Waals surface area contributed by atoms with Crippen molar-refractivity contribution in [2.45, 2.75) is 13.5 Å². The first-order chi connectivity index (χ1) is 9.51. The Hall–Kier alpha value is -2.74. The number of rotatable bonds is 4. The number of aromatic nitrogens is 2. The van der Waals surface area contributed by atoms with Crippen LogP contribution in [0.5, 0.6) is 0 Å². The van der Waals surface area contributed by atoms with Gasteiger partial charge in [0.1, 0.15) is 0 Å². The lowest BCUT2D eigenvalue weighted by molar-refractivity contribution is -0.384. The van der Waals surface area contributed by atoms with Crippen molar-refractivity contribution < 1.29 is 4.92 Å².